The second kappa shape index (κ2) is 7.24. The number of nitrogens with zero attached hydrogens (tertiary/aromatic N) is 1. The van der Waals surface area contributed by atoms with Crippen LogP contribution < -0.4 is 10.6 Å². The molecule has 0 unspecified atom stereocenters. The first kappa shape index (κ1) is 14.8. The molecule has 1 heterocycles. The lowest BCUT2D eigenvalue weighted by Gasteiger charge is -2.11. The fourth-order valence-electron chi connectivity index (χ4n) is 2.01. The maximum absolute atomic E-state index is 11.9. The average molecular weight is 281 g/mol. The zero-order valence-corrected chi connectivity index (χ0v) is 12.1. The Morgan fingerprint density at radius 2 is 2.14 bits per heavy atom. The van der Waals surface area contributed by atoms with Gasteiger partial charge in [-0.05, 0) is 24.1 Å². The monoisotopic (exact) mass is 281 g/mol. The normalized spacial score (nSPS) is 9.95. The minimum Gasteiger partial charge on any atom is -0.354 e. The molecule has 0 saturated carbocycles. The molecule has 0 fully saturated rings. The Hall–Kier alpha value is -2.62. The first-order chi connectivity index (χ1) is 10.2. The van der Waals surface area contributed by atoms with Gasteiger partial charge in [0.05, 0.1) is 17.4 Å². The van der Waals surface area contributed by atoms with E-state index in [4.69, 9.17) is 0 Å². The topological polar surface area (TPSA) is 54.0 Å². The van der Waals surface area contributed by atoms with E-state index in [1.54, 1.807) is 24.5 Å². The van der Waals surface area contributed by atoms with E-state index in [0.717, 1.165) is 17.8 Å². The van der Waals surface area contributed by atoms with Gasteiger partial charge in [-0.2, -0.15) is 0 Å². The van der Waals surface area contributed by atoms with Crippen LogP contribution in [0.3, 0.4) is 0 Å². The number of carbonyl (C=O) groups excluding carboxylic acids is 1. The van der Waals surface area contributed by atoms with Gasteiger partial charge in [0.15, 0.2) is 0 Å². The van der Waals surface area contributed by atoms with Gasteiger partial charge in [0.25, 0.3) is 5.91 Å². The Balaban J connectivity index is 2.17. The van der Waals surface area contributed by atoms with Gasteiger partial charge < -0.3 is 10.6 Å². The molecule has 0 aliphatic rings. The quantitative estimate of drug-likeness (QED) is 0.799. The third-order valence-corrected chi connectivity index (χ3v) is 3.08. The van der Waals surface area contributed by atoms with E-state index in [1.165, 1.54) is 5.56 Å². The first-order valence-corrected chi connectivity index (χ1v) is 6.93. The van der Waals surface area contributed by atoms with Crippen molar-refractivity contribution in [2.45, 2.75) is 13.3 Å². The molecule has 2 aromatic rings. The van der Waals surface area contributed by atoms with Gasteiger partial charge in [-0.3, -0.25) is 9.78 Å². The van der Waals surface area contributed by atoms with Gasteiger partial charge in [0.1, 0.15) is 0 Å². The molecule has 1 amide bonds. The SMILES string of the molecule is C=CCNC(=O)c1cncc(Nc2ccccc2CC)c1. The molecule has 1 aromatic heterocycles. The molecular formula is C17H19N3O. The highest BCUT2D eigenvalue weighted by molar-refractivity contribution is 5.94. The van der Waals surface area contributed by atoms with E-state index in [1.807, 2.05) is 18.2 Å². The fourth-order valence-corrected chi connectivity index (χ4v) is 2.01. The summed E-state index contributed by atoms with van der Waals surface area (Å²) in [6.45, 7) is 6.12. The molecule has 21 heavy (non-hydrogen) atoms. The maximum Gasteiger partial charge on any atom is 0.253 e. The summed E-state index contributed by atoms with van der Waals surface area (Å²) in [7, 11) is 0. The highest BCUT2D eigenvalue weighted by Crippen LogP contribution is 2.21. The van der Waals surface area contributed by atoms with Gasteiger partial charge >= 0.3 is 0 Å². The Kier molecular flexibility index (Phi) is 5.10. The lowest BCUT2D eigenvalue weighted by atomic mass is 10.1. The summed E-state index contributed by atoms with van der Waals surface area (Å²) in [6, 6.07) is 9.88. The number of hydrogen-bond acceptors (Lipinski definition) is 3. The van der Waals surface area contributed by atoms with Gasteiger partial charge in [-0.25, -0.2) is 0 Å². The summed E-state index contributed by atoms with van der Waals surface area (Å²) >= 11 is 0. The van der Waals surface area contributed by atoms with E-state index >= 15 is 0 Å². The number of anilines is 2. The summed E-state index contributed by atoms with van der Waals surface area (Å²) in [4.78, 5) is 16.0. The van der Waals surface area contributed by atoms with Crippen LogP contribution in [-0.2, 0) is 6.42 Å². The molecule has 0 aliphatic carbocycles. The van der Waals surface area contributed by atoms with Gasteiger partial charge in [0.2, 0.25) is 0 Å². The molecule has 1 aromatic carbocycles. The number of carbonyl (C=O) groups is 1. The summed E-state index contributed by atoms with van der Waals surface area (Å²) in [6.07, 6.45) is 5.84. The summed E-state index contributed by atoms with van der Waals surface area (Å²) in [5.41, 5.74) is 3.57. The average Bonchev–Trinajstić information content (AvgIpc) is 2.53. The van der Waals surface area contributed by atoms with Crippen molar-refractivity contribution < 1.29 is 4.79 Å². The molecule has 0 atom stereocenters. The number of nitrogens with one attached hydrogen (secondary N) is 2. The largest absolute Gasteiger partial charge is 0.354 e. The molecule has 0 saturated heterocycles. The van der Waals surface area contributed by atoms with Crippen LogP contribution in [0.5, 0.6) is 0 Å². The predicted octanol–water partition coefficient (Wildman–Crippen LogP) is 3.30. The van der Waals surface area contributed by atoms with E-state index in [9.17, 15) is 4.79 Å². The van der Waals surface area contributed by atoms with Crippen LogP contribution in [0, 0.1) is 0 Å². The number of benzene rings is 1. The van der Waals surface area contributed by atoms with Crippen molar-refractivity contribution in [3.63, 3.8) is 0 Å². The van der Waals surface area contributed by atoms with Crippen molar-refractivity contribution >= 4 is 17.3 Å². The number of para-hydroxylation sites is 1. The molecule has 4 heteroatoms. The molecule has 0 radical (unpaired) electrons. The first-order valence-electron chi connectivity index (χ1n) is 6.93. The molecule has 2 rings (SSSR count). The van der Waals surface area contributed by atoms with Crippen LogP contribution in [0.4, 0.5) is 11.4 Å². The highest BCUT2D eigenvalue weighted by atomic mass is 16.1. The molecule has 108 valence electrons. The van der Waals surface area contributed by atoms with Crippen molar-refractivity contribution in [2.75, 3.05) is 11.9 Å². The van der Waals surface area contributed by atoms with Crippen molar-refractivity contribution in [3.8, 4) is 0 Å². The van der Waals surface area contributed by atoms with Crippen LogP contribution >= 0.6 is 0 Å². The van der Waals surface area contributed by atoms with Gasteiger partial charge in [-0.15, -0.1) is 6.58 Å². The summed E-state index contributed by atoms with van der Waals surface area (Å²) in [5.74, 6) is -0.158. The minimum atomic E-state index is -0.158. The Morgan fingerprint density at radius 1 is 1.33 bits per heavy atom. The number of aryl methyl sites for hydroxylation is 1. The third-order valence-electron chi connectivity index (χ3n) is 3.08. The molecular weight excluding hydrogens is 262 g/mol. The highest BCUT2D eigenvalue weighted by Gasteiger charge is 2.07. The predicted molar refractivity (Wildman–Crippen MR) is 85.9 cm³/mol. The minimum absolute atomic E-state index is 0.158. The lowest BCUT2D eigenvalue weighted by Crippen LogP contribution is -2.23. The number of amides is 1. The second-order valence-electron chi connectivity index (χ2n) is 4.60. The van der Waals surface area contributed by atoms with Crippen LogP contribution in [0.25, 0.3) is 0 Å². The van der Waals surface area contributed by atoms with E-state index in [0.29, 0.717) is 12.1 Å². The van der Waals surface area contributed by atoms with Crippen molar-refractivity contribution in [1.82, 2.24) is 10.3 Å². The maximum atomic E-state index is 11.9. The summed E-state index contributed by atoms with van der Waals surface area (Å²) < 4.78 is 0. The van der Waals surface area contributed by atoms with Crippen LogP contribution in [0.15, 0.2) is 55.4 Å². The standard InChI is InChI=1S/C17H19N3O/c1-3-9-19-17(21)14-10-15(12-18-11-14)20-16-8-6-5-7-13(16)4-2/h3,5-8,10-12,20H,1,4,9H2,2H3,(H,19,21). The fraction of sp³-hybridized carbons (Fsp3) is 0.176. The Morgan fingerprint density at radius 3 is 2.90 bits per heavy atom. The summed E-state index contributed by atoms with van der Waals surface area (Å²) in [5, 5.41) is 6.05. The van der Waals surface area contributed by atoms with Crippen molar-refractivity contribution in [1.29, 1.82) is 0 Å². The lowest BCUT2D eigenvalue weighted by molar-refractivity contribution is 0.0957. The number of pyridine rings is 1. The number of hydrogen-bond donors (Lipinski definition) is 2. The van der Waals surface area contributed by atoms with E-state index in [2.05, 4.69) is 35.2 Å². The van der Waals surface area contributed by atoms with E-state index < -0.39 is 0 Å². The van der Waals surface area contributed by atoms with Crippen LogP contribution in [0.2, 0.25) is 0 Å². The van der Waals surface area contributed by atoms with Gasteiger partial charge in [-0.1, -0.05) is 31.2 Å². The second-order valence-corrected chi connectivity index (χ2v) is 4.60. The smallest absolute Gasteiger partial charge is 0.253 e. The molecule has 0 spiro atoms. The number of rotatable bonds is 6. The Labute approximate surface area is 124 Å². The number of aromatic nitrogens is 1. The molecule has 0 bridgehead atoms. The Bertz CT molecular complexity index is 637. The van der Waals surface area contributed by atoms with Gasteiger partial charge in [0, 0.05) is 18.4 Å². The zero-order chi connectivity index (χ0) is 15.1. The van der Waals surface area contributed by atoms with Crippen LogP contribution in [-0.4, -0.2) is 17.4 Å². The molecule has 4 nitrogen and oxygen atoms in total. The molecule has 0 aliphatic heterocycles. The van der Waals surface area contributed by atoms with Crippen LogP contribution in [0.1, 0.15) is 22.8 Å². The van der Waals surface area contributed by atoms with Crippen molar-refractivity contribution in [2.24, 2.45) is 0 Å². The van der Waals surface area contributed by atoms with Crippen molar-refractivity contribution in [3.05, 3.63) is 66.5 Å². The third kappa shape index (κ3) is 3.92. The van der Waals surface area contributed by atoms with E-state index in [-0.39, 0.29) is 5.91 Å². The zero-order valence-electron chi connectivity index (χ0n) is 12.1. The molecule has 2 N–H and O–H groups in total.